The van der Waals surface area contributed by atoms with Crippen LogP contribution in [0.15, 0.2) is 48.5 Å². The number of benzene rings is 2. The molecule has 0 fully saturated rings. The van der Waals surface area contributed by atoms with Gasteiger partial charge in [-0.3, -0.25) is 4.39 Å². The van der Waals surface area contributed by atoms with Crippen molar-refractivity contribution in [1.29, 1.82) is 0 Å². The molecule has 0 bridgehead atoms. The lowest BCUT2D eigenvalue weighted by atomic mass is 9.98. The van der Waals surface area contributed by atoms with Crippen molar-refractivity contribution in [2.45, 2.75) is 12.0 Å². The minimum atomic E-state index is -1.17. The Labute approximate surface area is 160 Å². The highest BCUT2D eigenvalue weighted by atomic mass is 32.2. The third kappa shape index (κ3) is 4.42. The van der Waals surface area contributed by atoms with E-state index in [4.69, 9.17) is 4.74 Å². The largest absolute Gasteiger partial charge is 0.480 e. The van der Waals surface area contributed by atoms with Crippen LogP contribution in [0, 0.1) is 0 Å². The van der Waals surface area contributed by atoms with Crippen LogP contribution in [0.2, 0.25) is 0 Å². The SMILES string of the molecule is O=C(NC(CSCCF)C(=O)O)OCC1c2ccccc2-c2ccccc21. The molecule has 0 aromatic heterocycles. The molecule has 3 rings (SSSR count). The molecule has 1 amide bonds. The van der Waals surface area contributed by atoms with Gasteiger partial charge in [-0.2, -0.15) is 11.8 Å². The van der Waals surface area contributed by atoms with Gasteiger partial charge in [-0.25, -0.2) is 9.59 Å². The first-order valence-electron chi connectivity index (χ1n) is 8.60. The number of carboxylic acid groups (broad SMARTS) is 1. The summed E-state index contributed by atoms with van der Waals surface area (Å²) in [6, 6.07) is 14.8. The number of hydrogen-bond acceptors (Lipinski definition) is 4. The van der Waals surface area contributed by atoms with E-state index in [0.29, 0.717) is 0 Å². The summed E-state index contributed by atoms with van der Waals surface area (Å²) in [7, 11) is 0. The molecule has 1 aliphatic rings. The van der Waals surface area contributed by atoms with E-state index in [1.807, 2.05) is 48.5 Å². The molecular weight excluding hydrogens is 369 g/mol. The first kappa shape index (κ1) is 19.2. The summed E-state index contributed by atoms with van der Waals surface area (Å²) in [6.45, 7) is -0.425. The summed E-state index contributed by atoms with van der Waals surface area (Å²) in [4.78, 5) is 23.3. The van der Waals surface area contributed by atoms with Gasteiger partial charge in [0.05, 0.1) is 6.67 Å². The predicted octanol–water partition coefficient (Wildman–Crippen LogP) is 3.68. The van der Waals surface area contributed by atoms with E-state index in [-0.39, 0.29) is 24.0 Å². The van der Waals surface area contributed by atoms with Crippen molar-refractivity contribution in [2.75, 3.05) is 24.8 Å². The van der Waals surface area contributed by atoms with Crippen LogP contribution in [0.4, 0.5) is 9.18 Å². The van der Waals surface area contributed by atoms with Gasteiger partial charge in [-0.15, -0.1) is 0 Å². The van der Waals surface area contributed by atoms with E-state index in [9.17, 15) is 19.1 Å². The maximum Gasteiger partial charge on any atom is 0.407 e. The number of carboxylic acids is 1. The minimum absolute atomic E-state index is 0.0868. The van der Waals surface area contributed by atoms with Crippen molar-refractivity contribution in [3.05, 3.63) is 59.7 Å². The van der Waals surface area contributed by atoms with Gasteiger partial charge in [0, 0.05) is 17.4 Å². The third-order valence-electron chi connectivity index (χ3n) is 4.44. The maximum absolute atomic E-state index is 12.2. The predicted molar refractivity (Wildman–Crippen MR) is 103 cm³/mol. The van der Waals surface area contributed by atoms with E-state index >= 15 is 0 Å². The topological polar surface area (TPSA) is 75.6 Å². The fourth-order valence-corrected chi connectivity index (χ4v) is 3.95. The fraction of sp³-hybridized carbons (Fsp3) is 0.300. The van der Waals surface area contributed by atoms with E-state index < -0.39 is 24.8 Å². The number of carbonyl (C=O) groups is 2. The Hall–Kier alpha value is -2.54. The van der Waals surface area contributed by atoms with Gasteiger partial charge in [0.15, 0.2) is 0 Å². The zero-order chi connectivity index (χ0) is 19.2. The molecule has 2 aromatic carbocycles. The van der Waals surface area contributed by atoms with Crippen molar-refractivity contribution in [1.82, 2.24) is 5.32 Å². The molecule has 27 heavy (non-hydrogen) atoms. The molecule has 7 heteroatoms. The molecule has 0 spiro atoms. The molecule has 1 atom stereocenters. The molecule has 1 aliphatic carbocycles. The van der Waals surface area contributed by atoms with E-state index in [2.05, 4.69) is 5.32 Å². The Balaban J connectivity index is 1.64. The molecule has 0 aliphatic heterocycles. The fourth-order valence-electron chi connectivity index (χ4n) is 3.21. The zero-order valence-electron chi connectivity index (χ0n) is 14.6. The van der Waals surface area contributed by atoms with Crippen LogP contribution in [-0.2, 0) is 9.53 Å². The summed E-state index contributed by atoms with van der Waals surface area (Å²) in [5.74, 6) is -0.984. The molecule has 0 saturated heterocycles. The summed E-state index contributed by atoms with van der Waals surface area (Å²) >= 11 is 1.13. The van der Waals surface area contributed by atoms with Crippen molar-refractivity contribution in [3.63, 3.8) is 0 Å². The molecule has 0 saturated carbocycles. The molecular formula is C20H20FNO4S. The van der Waals surface area contributed by atoms with Crippen molar-refractivity contribution in [2.24, 2.45) is 0 Å². The molecule has 5 nitrogen and oxygen atoms in total. The number of alkyl carbamates (subject to hydrolysis) is 1. The Morgan fingerprint density at radius 2 is 1.70 bits per heavy atom. The average molecular weight is 389 g/mol. The number of aliphatic carboxylic acids is 1. The zero-order valence-corrected chi connectivity index (χ0v) is 15.4. The summed E-state index contributed by atoms with van der Waals surface area (Å²) in [5.41, 5.74) is 4.40. The second kappa shape index (κ2) is 8.90. The number of amides is 1. The number of nitrogens with one attached hydrogen (secondary N) is 1. The number of ether oxygens (including phenoxy) is 1. The number of carbonyl (C=O) groups excluding carboxylic acids is 1. The van der Waals surface area contributed by atoms with Crippen LogP contribution >= 0.6 is 11.8 Å². The van der Waals surface area contributed by atoms with Gasteiger partial charge in [0.25, 0.3) is 0 Å². The molecule has 0 heterocycles. The van der Waals surface area contributed by atoms with Gasteiger partial charge in [0.2, 0.25) is 0 Å². The number of halogens is 1. The summed E-state index contributed by atoms with van der Waals surface area (Å²) in [5, 5.41) is 11.5. The van der Waals surface area contributed by atoms with Crippen LogP contribution in [0.3, 0.4) is 0 Å². The first-order chi connectivity index (χ1) is 13.1. The van der Waals surface area contributed by atoms with Crippen molar-refractivity contribution in [3.8, 4) is 11.1 Å². The van der Waals surface area contributed by atoms with Gasteiger partial charge in [-0.1, -0.05) is 48.5 Å². The van der Waals surface area contributed by atoms with E-state index in [0.717, 1.165) is 34.0 Å². The van der Waals surface area contributed by atoms with Gasteiger partial charge < -0.3 is 15.2 Å². The smallest absolute Gasteiger partial charge is 0.407 e. The quantitative estimate of drug-likeness (QED) is 0.674. The lowest BCUT2D eigenvalue weighted by Gasteiger charge is -2.17. The number of thioether (sulfide) groups is 1. The molecule has 2 aromatic rings. The second-order valence-electron chi connectivity index (χ2n) is 6.12. The van der Waals surface area contributed by atoms with Crippen LogP contribution in [0.1, 0.15) is 17.0 Å². The monoisotopic (exact) mass is 389 g/mol. The molecule has 2 N–H and O–H groups in total. The van der Waals surface area contributed by atoms with Crippen LogP contribution in [0.25, 0.3) is 11.1 Å². The summed E-state index contributed by atoms with van der Waals surface area (Å²) in [6.07, 6.45) is -0.787. The highest BCUT2D eigenvalue weighted by Crippen LogP contribution is 2.44. The van der Waals surface area contributed by atoms with Crippen molar-refractivity contribution >= 4 is 23.8 Å². The summed E-state index contributed by atoms with van der Waals surface area (Å²) < 4.78 is 17.5. The van der Waals surface area contributed by atoms with E-state index in [1.54, 1.807) is 0 Å². The number of rotatable bonds is 8. The third-order valence-corrected chi connectivity index (χ3v) is 5.45. The van der Waals surface area contributed by atoms with Crippen LogP contribution < -0.4 is 5.32 Å². The maximum atomic E-state index is 12.2. The highest BCUT2D eigenvalue weighted by molar-refractivity contribution is 7.99. The average Bonchev–Trinajstić information content (AvgIpc) is 2.99. The lowest BCUT2D eigenvalue weighted by Crippen LogP contribution is -2.43. The van der Waals surface area contributed by atoms with Crippen LogP contribution in [0.5, 0.6) is 0 Å². The Morgan fingerprint density at radius 3 is 2.26 bits per heavy atom. The first-order valence-corrected chi connectivity index (χ1v) is 9.75. The van der Waals surface area contributed by atoms with Crippen molar-refractivity contribution < 1.29 is 23.8 Å². The standard InChI is InChI=1S/C20H20FNO4S/c21-9-10-27-12-18(19(23)24)22-20(25)26-11-17-15-7-3-1-5-13(15)14-6-2-4-8-16(14)17/h1-8,17-18H,9-12H2,(H,22,25)(H,23,24). The van der Waals surface area contributed by atoms with Gasteiger partial charge >= 0.3 is 12.1 Å². The number of fused-ring (bicyclic) bond motifs is 3. The molecule has 142 valence electrons. The number of alkyl halides is 1. The minimum Gasteiger partial charge on any atom is -0.480 e. The Bertz CT molecular complexity index is 784. The van der Waals surface area contributed by atoms with Gasteiger partial charge in [-0.05, 0) is 22.3 Å². The second-order valence-corrected chi connectivity index (χ2v) is 7.27. The lowest BCUT2D eigenvalue weighted by molar-refractivity contribution is -0.138. The Kier molecular flexibility index (Phi) is 6.34. The number of hydrogen-bond donors (Lipinski definition) is 2. The highest BCUT2D eigenvalue weighted by Gasteiger charge is 2.29. The van der Waals surface area contributed by atoms with E-state index in [1.165, 1.54) is 0 Å². The molecule has 1 unspecified atom stereocenters. The van der Waals surface area contributed by atoms with Gasteiger partial charge in [0.1, 0.15) is 12.6 Å². The normalized spacial score (nSPS) is 13.5. The van der Waals surface area contributed by atoms with Crippen LogP contribution in [-0.4, -0.2) is 48.0 Å². The molecule has 0 radical (unpaired) electrons. The Morgan fingerprint density at radius 1 is 1.11 bits per heavy atom.